The lowest BCUT2D eigenvalue weighted by molar-refractivity contribution is -0.195. The van der Waals surface area contributed by atoms with Gasteiger partial charge in [0.1, 0.15) is 40.7 Å². The van der Waals surface area contributed by atoms with E-state index in [1.165, 1.54) is 42.8 Å². The molecule has 0 spiro atoms. The van der Waals surface area contributed by atoms with Crippen molar-refractivity contribution in [2.24, 2.45) is 34.0 Å². The maximum Gasteiger partial charge on any atom is 0.350 e. The van der Waals surface area contributed by atoms with Crippen molar-refractivity contribution in [2.75, 3.05) is 43.9 Å². The summed E-state index contributed by atoms with van der Waals surface area (Å²) in [7, 11) is 2.21. The summed E-state index contributed by atoms with van der Waals surface area (Å²) >= 11 is 3.04. The van der Waals surface area contributed by atoms with Crippen molar-refractivity contribution < 1.29 is 37.8 Å². The van der Waals surface area contributed by atoms with E-state index in [9.17, 15) is 24.0 Å². The average molecular weight is 985 g/mol. The molecule has 0 amide bonds. The van der Waals surface area contributed by atoms with Crippen LogP contribution in [-0.4, -0.2) is 102 Å². The van der Waals surface area contributed by atoms with Gasteiger partial charge in [0, 0.05) is 72.1 Å². The van der Waals surface area contributed by atoms with Crippen LogP contribution < -0.4 is 20.4 Å². The highest BCUT2D eigenvalue weighted by Gasteiger charge is 2.63. The molecule has 9 rings (SSSR count). The fraction of sp³-hybridized carbons (Fsp3) is 0.611. The quantitative estimate of drug-likeness (QED) is 0.111. The van der Waals surface area contributed by atoms with Gasteiger partial charge in [-0.25, -0.2) is 14.0 Å². The van der Waals surface area contributed by atoms with Crippen LogP contribution in [0.1, 0.15) is 126 Å². The summed E-state index contributed by atoms with van der Waals surface area (Å²) < 4.78 is 37.0. The Balaban J connectivity index is 1.01. The molecule has 2 bridgehead atoms. The smallest absolute Gasteiger partial charge is 0.350 e. The third-order valence-corrected chi connectivity index (χ3v) is 20.0. The van der Waals surface area contributed by atoms with Crippen molar-refractivity contribution in [2.45, 2.75) is 140 Å². The van der Waals surface area contributed by atoms with Gasteiger partial charge >= 0.3 is 17.9 Å². The summed E-state index contributed by atoms with van der Waals surface area (Å²) in [6, 6.07) is 10.3. The molecule has 2 aromatic carbocycles. The molecule has 0 radical (unpaired) electrons. The lowest BCUT2D eigenvalue weighted by atomic mass is 9.44. The predicted molar refractivity (Wildman–Crippen MR) is 270 cm³/mol. The number of carbonyl (C=O) groups excluding carboxylic acids is 4. The number of esters is 3. The van der Waals surface area contributed by atoms with E-state index in [-0.39, 0.29) is 62.9 Å². The number of para-hydroxylation sites is 1. The minimum atomic E-state index is -0.965. The lowest BCUT2D eigenvalue weighted by Crippen LogP contribution is -2.62. The molecule has 5 heterocycles. The summed E-state index contributed by atoms with van der Waals surface area (Å²) in [6.07, 6.45) is 6.73. The van der Waals surface area contributed by atoms with Crippen LogP contribution in [0.4, 0.5) is 10.1 Å². The van der Waals surface area contributed by atoms with E-state index in [0.29, 0.717) is 85.4 Å². The number of fused-ring (bicyclic) bond motifs is 6. The van der Waals surface area contributed by atoms with Crippen molar-refractivity contribution >= 4 is 63.8 Å². The van der Waals surface area contributed by atoms with Crippen molar-refractivity contribution in [3.05, 3.63) is 76.2 Å². The number of thioether (sulfide) groups is 2. The molecular weight excluding hydrogens is 916 g/mol. The number of rotatable bonds is 11. The summed E-state index contributed by atoms with van der Waals surface area (Å²) in [5, 5.41) is 4.02. The lowest BCUT2D eigenvalue weighted by Gasteiger charge is -2.61. The van der Waals surface area contributed by atoms with Gasteiger partial charge in [-0.2, -0.15) is 0 Å². The highest BCUT2D eigenvalue weighted by atomic mass is 32.2. The first-order valence-electron chi connectivity index (χ1n) is 25.1. The van der Waals surface area contributed by atoms with Crippen LogP contribution in [0.5, 0.6) is 5.75 Å². The maximum absolute atomic E-state index is 15.8. The summed E-state index contributed by atoms with van der Waals surface area (Å²) in [4.78, 5) is 75.8. The molecule has 69 heavy (non-hydrogen) atoms. The van der Waals surface area contributed by atoms with E-state index in [1.807, 2.05) is 30.2 Å². The van der Waals surface area contributed by atoms with Gasteiger partial charge in [-0.05, 0) is 100 Å². The number of piperazine rings is 1. The van der Waals surface area contributed by atoms with Gasteiger partial charge in [-0.15, -0.1) is 18.3 Å². The van der Waals surface area contributed by atoms with Crippen LogP contribution >= 0.6 is 23.5 Å². The van der Waals surface area contributed by atoms with Gasteiger partial charge < -0.3 is 33.9 Å². The Morgan fingerprint density at radius 3 is 2.36 bits per heavy atom. The van der Waals surface area contributed by atoms with Crippen LogP contribution in [0.2, 0.25) is 0 Å². The fourth-order valence-electron chi connectivity index (χ4n) is 13.5. The van der Waals surface area contributed by atoms with Gasteiger partial charge in [-0.3, -0.25) is 14.4 Å². The number of anilines is 1. The number of ether oxygens (including phenoxy) is 3. The Morgan fingerprint density at radius 2 is 1.70 bits per heavy atom. The highest BCUT2D eigenvalue weighted by Crippen LogP contribution is 2.62. The molecule has 1 aromatic heterocycles. The van der Waals surface area contributed by atoms with E-state index >= 15 is 4.39 Å². The number of halogens is 1. The number of hydrogen-bond acceptors (Lipinski definition) is 13. The molecule has 1 N–H and O–H groups in total. The number of hydrogen-bond donors (Lipinski definition) is 1. The zero-order valence-corrected chi connectivity index (χ0v) is 43.1. The molecular formula is C54H69FN4O8S2. The SMILES string of the molecule is C=C[C@@]1(C)C[C@H](OC(=O)CSC2CC3CCC(C2)N3C)C(C)(C)C2C(CC)C(=O)CCC2(C)[C@H](C)[C@H]1OC(=O)c1ccccc1OC(=O)c1c2n(c3cc(N4CCNCC4)c(F)cc3c1=O)C(C)S2. The van der Waals surface area contributed by atoms with E-state index in [2.05, 4.69) is 51.5 Å². The first-order valence-corrected chi connectivity index (χ1v) is 27.0. The Kier molecular flexibility index (Phi) is 13.8. The zero-order chi connectivity index (χ0) is 49.3. The number of aromatic nitrogens is 1. The first kappa shape index (κ1) is 49.8. The van der Waals surface area contributed by atoms with Gasteiger partial charge in [0.25, 0.3) is 0 Å². The number of benzene rings is 2. The number of carbonyl (C=O) groups is 4. The van der Waals surface area contributed by atoms with Gasteiger partial charge in [0.2, 0.25) is 5.43 Å². The van der Waals surface area contributed by atoms with E-state index in [0.717, 1.165) is 12.8 Å². The van der Waals surface area contributed by atoms with E-state index in [1.54, 1.807) is 36.0 Å². The summed E-state index contributed by atoms with van der Waals surface area (Å²) in [5.41, 5.74) is -2.07. The molecule has 4 aliphatic heterocycles. The summed E-state index contributed by atoms with van der Waals surface area (Å²) in [6.45, 7) is 21.5. The summed E-state index contributed by atoms with van der Waals surface area (Å²) in [5.74, 6) is -3.02. The predicted octanol–water partition coefficient (Wildman–Crippen LogP) is 9.46. The Morgan fingerprint density at radius 1 is 1.00 bits per heavy atom. The minimum Gasteiger partial charge on any atom is -0.461 e. The van der Waals surface area contributed by atoms with Crippen LogP contribution in [0.15, 0.2) is 58.9 Å². The first-order chi connectivity index (χ1) is 32.8. The highest BCUT2D eigenvalue weighted by molar-refractivity contribution is 8.00. The molecule has 2 saturated carbocycles. The Bertz CT molecular complexity index is 2600. The number of ketones is 1. The minimum absolute atomic E-state index is 0.0198. The van der Waals surface area contributed by atoms with Crippen LogP contribution in [0, 0.1) is 39.8 Å². The van der Waals surface area contributed by atoms with Gasteiger partial charge in [0.15, 0.2) is 0 Å². The maximum atomic E-state index is 15.8. The second kappa shape index (κ2) is 19.1. The molecule has 6 unspecified atom stereocenters. The molecule has 2 aliphatic carbocycles. The molecule has 3 saturated heterocycles. The third-order valence-electron chi connectivity index (χ3n) is 17.6. The second-order valence-corrected chi connectivity index (χ2v) is 24.4. The third kappa shape index (κ3) is 8.76. The monoisotopic (exact) mass is 984 g/mol. The Hall–Kier alpha value is -4.18. The van der Waals surface area contributed by atoms with Crippen LogP contribution in [0.25, 0.3) is 10.9 Å². The van der Waals surface area contributed by atoms with Gasteiger partial charge in [-0.1, -0.05) is 71.5 Å². The van der Waals surface area contributed by atoms with Crippen LogP contribution in [-0.2, 0) is 19.1 Å². The number of piperidine rings is 1. The molecule has 3 aromatic rings. The largest absolute Gasteiger partial charge is 0.461 e. The number of pyridine rings is 1. The van der Waals surface area contributed by atoms with Crippen molar-refractivity contribution in [1.29, 1.82) is 0 Å². The van der Waals surface area contributed by atoms with Gasteiger partial charge in [0.05, 0.1) is 27.4 Å². The number of Topliss-reactive ketones (excluding diaryl/α,β-unsaturated/α-hetero) is 1. The molecule has 15 heteroatoms. The average Bonchev–Trinajstić information content (AvgIpc) is 3.51. The Labute approximate surface area is 414 Å². The van der Waals surface area contributed by atoms with Crippen LogP contribution in [0.3, 0.4) is 0 Å². The normalized spacial score (nSPS) is 33.0. The topological polar surface area (TPSA) is 136 Å². The molecule has 12 nitrogen and oxygen atoms in total. The van der Waals surface area contributed by atoms with Crippen molar-refractivity contribution in [3.8, 4) is 5.75 Å². The second-order valence-electron chi connectivity index (χ2n) is 21.8. The molecule has 5 fully saturated rings. The number of nitrogens with zero attached hydrogens (tertiary/aromatic N) is 3. The van der Waals surface area contributed by atoms with E-state index < -0.39 is 51.6 Å². The standard InChI is InChI=1S/C54H69FN4O8S2/c1-10-35-41(60)18-19-54(8)30(3)48(53(7,11-2)28-43(52(5,6)47(35)54)66-44(61)29-68-34-24-32-16-17-33(25-34)57(32)9)67-50(63)36-14-12-13-15-42(36)65-51(64)45-46(62)37-26-38(55)40(58-22-20-56-21-23-58)27-39(37)59-31(4)69-49(45)59/h11-15,26-27,30-35,43,47-48,56H,2,10,16-25,28-29H2,1,3-9H3/t30-,31?,32?,33?,34?,35?,43+,47?,48-,53+,54?/m1/s1. The number of nitrogens with one attached hydrogen (secondary N) is 1. The molecule has 6 aliphatic rings. The zero-order valence-electron chi connectivity index (χ0n) is 41.4. The van der Waals surface area contributed by atoms with Crippen molar-refractivity contribution in [3.63, 3.8) is 0 Å². The van der Waals surface area contributed by atoms with Crippen molar-refractivity contribution in [1.82, 2.24) is 14.8 Å². The fourth-order valence-corrected chi connectivity index (χ4v) is 15.8. The molecule has 372 valence electrons. The van der Waals surface area contributed by atoms with E-state index in [4.69, 9.17) is 14.2 Å². The molecule has 10 atom stereocenters.